The largest absolute Gasteiger partial charge is 0.507 e. The zero-order chi connectivity index (χ0) is 16.6. The van der Waals surface area contributed by atoms with E-state index in [1.807, 2.05) is 41.5 Å². The maximum Gasteiger partial charge on any atom is 0.335 e. The molecule has 0 atom stereocenters. The summed E-state index contributed by atoms with van der Waals surface area (Å²) in [5.74, 6) is -0.764. The lowest BCUT2D eigenvalue weighted by Crippen LogP contribution is -2.22. The van der Waals surface area contributed by atoms with Crippen molar-refractivity contribution >= 4 is 5.97 Å². The zero-order valence-corrected chi connectivity index (χ0v) is 13.9. The number of benzene rings is 1. The molecule has 0 saturated carbocycles. The topological polar surface area (TPSA) is 57.5 Å². The highest BCUT2D eigenvalue weighted by Crippen LogP contribution is 2.42. The highest BCUT2D eigenvalue weighted by atomic mass is 16.4. The van der Waals surface area contributed by atoms with E-state index in [0.29, 0.717) is 23.1 Å². The lowest BCUT2D eigenvalue weighted by molar-refractivity contribution is 0.0695. The molecule has 0 fully saturated rings. The van der Waals surface area contributed by atoms with Crippen LogP contribution in [0.25, 0.3) is 0 Å². The van der Waals surface area contributed by atoms with E-state index in [4.69, 9.17) is 0 Å². The van der Waals surface area contributed by atoms with Gasteiger partial charge < -0.3 is 10.2 Å². The summed E-state index contributed by atoms with van der Waals surface area (Å²) >= 11 is 0. The molecule has 1 rings (SSSR count). The number of hydrogen-bond donors (Lipinski definition) is 2. The molecule has 3 heteroatoms. The number of aromatic hydroxyl groups is 1. The number of allylic oxidation sites excluding steroid dienone is 1. The summed E-state index contributed by atoms with van der Waals surface area (Å²) in [6.07, 6.45) is 2.10. The Morgan fingerprint density at radius 2 is 1.71 bits per heavy atom. The molecule has 0 amide bonds. The molecule has 3 nitrogen and oxygen atoms in total. The van der Waals surface area contributed by atoms with Crippen LogP contribution in [0.4, 0.5) is 0 Å². The number of carbonyl (C=O) groups is 1. The minimum atomic E-state index is -0.970. The lowest BCUT2D eigenvalue weighted by Gasteiger charge is -2.30. The molecule has 0 unspecified atom stereocenters. The van der Waals surface area contributed by atoms with Crippen molar-refractivity contribution in [1.82, 2.24) is 0 Å². The molecule has 0 aromatic heterocycles. The second-order valence-electron chi connectivity index (χ2n) is 7.47. The summed E-state index contributed by atoms with van der Waals surface area (Å²) in [7, 11) is 0. The van der Waals surface area contributed by atoms with E-state index >= 15 is 0 Å². The van der Waals surface area contributed by atoms with E-state index in [-0.39, 0.29) is 22.1 Å². The maximum absolute atomic E-state index is 11.7. The molecular weight excluding hydrogens is 264 g/mol. The smallest absolute Gasteiger partial charge is 0.335 e. The lowest BCUT2D eigenvalue weighted by atomic mass is 9.75. The van der Waals surface area contributed by atoms with Crippen molar-refractivity contribution in [2.45, 2.75) is 58.8 Å². The Balaban J connectivity index is 3.91. The second-order valence-corrected chi connectivity index (χ2v) is 7.47. The van der Waals surface area contributed by atoms with Gasteiger partial charge in [0.25, 0.3) is 0 Å². The first-order valence-corrected chi connectivity index (χ1v) is 7.15. The third kappa shape index (κ3) is 3.46. The summed E-state index contributed by atoms with van der Waals surface area (Å²) < 4.78 is 0. The fraction of sp³-hybridized carbons (Fsp3) is 0.500. The van der Waals surface area contributed by atoms with Gasteiger partial charge in [0.15, 0.2) is 0 Å². The van der Waals surface area contributed by atoms with Crippen LogP contribution in [0.2, 0.25) is 0 Å². The van der Waals surface area contributed by atoms with Crippen LogP contribution in [-0.4, -0.2) is 16.2 Å². The number of phenolic OH excluding ortho intramolecular Hbond substituents is 1. The molecule has 0 aliphatic rings. The van der Waals surface area contributed by atoms with E-state index in [2.05, 4.69) is 6.58 Å². The predicted molar refractivity (Wildman–Crippen MR) is 86.4 cm³/mol. The van der Waals surface area contributed by atoms with Gasteiger partial charge in [-0.15, -0.1) is 6.58 Å². The van der Waals surface area contributed by atoms with Crippen LogP contribution in [0, 0.1) is 0 Å². The number of phenols is 1. The Morgan fingerprint density at radius 3 is 2.05 bits per heavy atom. The molecular formula is C18H26O3. The predicted octanol–water partition coefficient (Wildman–Crippen LogP) is 4.41. The molecule has 0 radical (unpaired) electrons. The van der Waals surface area contributed by atoms with Crippen molar-refractivity contribution in [3.8, 4) is 5.75 Å². The first-order valence-electron chi connectivity index (χ1n) is 7.15. The van der Waals surface area contributed by atoms with Crippen LogP contribution in [0.1, 0.15) is 68.6 Å². The molecule has 1 aromatic carbocycles. The quantitative estimate of drug-likeness (QED) is 0.810. The summed E-state index contributed by atoms with van der Waals surface area (Å²) in [5, 5.41) is 20.3. The average molecular weight is 290 g/mol. The van der Waals surface area contributed by atoms with Crippen molar-refractivity contribution < 1.29 is 15.0 Å². The molecule has 1 aromatic rings. The minimum absolute atomic E-state index is 0.205. The number of carboxylic acids is 1. The third-order valence-corrected chi connectivity index (χ3v) is 3.54. The van der Waals surface area contributed by atoms with E-state index < -0.39 is 5.97 Å². The second kappa shape index (κ2) is 5.55. The Morgan fingerprint density at radius 1 is 1.19 bits per heavy atom. The van der Waals surface area contributed by atoms with Gasteiger partial charge in [-0.05, 0) is 28.9 Å². The Kier molecular flexibility index (Phi) is 4.57. The summed E-state index contributed by atoms with van der Waals surface area (Å²) in [5.41, 5.74) is 1.58. The van der Waals surface area contributed by atoms with Gasteiger partial charge in [-0.3, -0.25) is 0 Å². The van der Waals surface area contributed by atoms with Crippen molar-refractivity contribution in [1.29, 1.82) is 0 Å². The summed E-state index contributed by atoms with van der Waals surface area (Å²) in [6, 6.07) is 1.60. The van der Waals surface area contributed by atoms with Gasteiger partial charge in [0.2, 0.25) is 0 Å². The summed E-state index contributed by atoms with van der Waals surface area (Å²) in [4.78, 5) is 11.7. The van der Waals surface area contributed by atoms with Crippen molar-refractivity contribution in [3.05, 3.63) is 41.0 Å². The van der Waals surface area contributed by atoms with Crippen LogP contribution >= 0.6 is 0 Å². The van der Waals surface area contributed by atoms with Crippen LogP contribution in [0.3, 0.4) is 0 Å². The fourth-order valence-electron chi connectivity index (χ4n) is 2.64. The highest BCUT2D eigenvalue weighted by molar-refractivity contribution is 5.91. The number of hydrogen-bond acceptors (Lipinski definition) is 2. The van der Waals surface area contributed by atoms with Gasteiger partial charge in [-0.2, -0.15) is 0 Å². The van der Waals surface area contributed by atoms with Gasteiger partial charge >= 0.3 is 5.97 Å². The van der Waals surface area contributed by atoms with Crippen LogP contribution < -0.4 is 0 Å². The van der Waals surface area contributed by atoms with E-state index in [1.54, 1.807) is 12.1 Å². The molecule has 0 aliphatic heterocycles. The molecule has 0 saturated heterocycles. The third-order valence-electron chi connectivity index (χ3n) is 3.54. The standard InChI is InChI=1S/C18H26O3/c1-8-9-11-12(16(20)21)10-13(17(2,3)4)15(19)14(11)18(5,6)7/h8,10,19H,1,9H2,2-7H3,(H,20,21). The number of carboxylic acid groups (broad SMARTS) is 1. The molecule has 2 N–H and O–H groups in total. The van der Waals surface area contributed by atoms with Crippen molar-refractivity contribution in [2.75, 3.05) is 0 Å². The van der Waals surface area contributed by atoms with Gasteiger partial charge in [0, 0.05) is 11.1 Å². The molecule has 0 bridgehead atoms. The molecule has 116 valence electrons. The fourth-order valence-corrected chi connectivity index (χ4v) is 2.64. The average Bonchev–Trinajstić information content (AvgIpc) is 2.25. The summed E-state index contributed by atoms with van der Waals surface area (Å²) in [6.45, 7) is 15.5. The van der Waals surface area contributed by atoms with Crippen LogP contribution in [0.5, 0.6) is 5.75 Å². The SMILES string of the molecule is C=CCc1c(C(=O)O)cc(C(C)(C)C)c(O)c1C(C)(C)C. The number of aromatic carboxylic acids is 1. The van der Waals surface area contributed by atoms with Crippen LogP contribution in [0.15, 0.2) is 18.7 Å². The minimum Gasteiger partial charge on any atom is -0.507 e. The van der Waals surface area contributed by atoms with Gasteiger partial charge in [-0.1, -0.05) is 47.6 Å². The first kappa shape index (κ1) is 17.3. The van der Waals surface area contributed by atoms with Crippen molar-refractivity contribution in [2.24, 2.45) is 0 Å². The van der Waals surface area contributed by atoms with Gasteiger partial charge in [0.1, 0.15) is 5.75 Å². The van der Waals surface area contributed by atoms with Gasteiger partial charge in [-0.25, -0.2) is 4.79 Å². The van der Waals surface area contributed by atoms with Crippen LogP contribution in [-0.2, 0) is 17.3 Å². The normalized spacial score (nSPS) is 12.3. The Labute approximate surface area is 127 Å². The Bertz CT molecular complexity index is 570. The van der Waals surface area contributed by atoms with Gasteiger partial charge in [0.05, 0.1) is 5.56 Å². The molecule has 0 heterocycles. The number of rotatable bonds is 3. The molecule has 0 aliphatic carbocycles. The molecule has 0 spiro atoms. The first-order chi connectivity index (χ1) is 9.41. The van der Waals surface area contributed by atoms with E-state index in [1.165, 1.54) is 0 Å². The maximum atomic E-state index is 11.7. The van der Waals surface area contributed by atoms with E-state index in [9.17, 15) is 15.0 Å². The highest BCUT2D eigenvalue weighted by Gasteiger charge is 2.31. The van der Waals surface area contributed by atoms with E-state index in [0.717, 1.165) is 0 Å². The van der Waals surface area contributed by atoms with Crippen molar-refractivity contribution in [3.63, 3.8) is 0 Å². The zero-order valence-electron chi connectivity index (χ0n) is 13.9. The molecule has 21 heavy (non-hydrogen) atoms. The monoisotopic (exact) mass is 290 g/mol. The Hall–Kier alpha value is -1.77.